The second-order valence-corrected chi connectivity index (χ2v) is 7.94. The number of ketones is 1. The minimum absolute atomic E-state index is 0.00935. The first-order valence-electron chi connectivity index (χ1n) is 11.1. The number of oxime groups is 1. The van der Waals surface area contributed by atoms with E-state index in [0.717, 1.165) is 34.4 Å². The van der Waals surface area contributed by atoms with Crippen molar-refractivity contribution < 1.29 is 24.1 Å². The molecule has 0 aliphatic heterocycles. The number of nitrogens with zero attached hydrogens (tertiary/aromatic N) is 4. The van der Waals surface area contributed by atoms with Gasteiger partial charge in [0.1, 0.15) is 0 Å². The Morgan fingerprint density at radius 3 is 2.35 bits per heavy atom. The average Bonchev–Trinajstić information content (AvgIpc) is 3.25. The largest absolute Gasteiger partial charge is 0.415 e. The lowest BCUT2D eigenvalue weighted by atomic mass is 10.1. The van der Waals surface area contributed by atoms with Crippen molar-refractivity contribution in [1.82, 2.24) is 9.55 Å². The quantitative estimate of drug-likeness (QED) is 0.0790. The van der Waals surface area contributed by atoms with E-state index in [0.29, 0.717) is 0 Å². The molecule has 0 fully saturated rings. The third-order valence-corrected chi connectivity index (χ3v) is 5.54. The van der Waals surface area contributed by atoms with Crippen LogP contribution in [0.25, 0.3) is 27.5 Å². The SMILES string of the molecule is CC(=O)ON=C(Oc1ccccn1)C(=O)c1ccc2c(c1)c1ccccc1n2-c1ccc([N+](=O)[O-])cc1. The predicted molar refractivity (Wildman–Crippen MR) is 136 cm³/mol. The lowest BCUT2D eigenvalue weighted by molar-refractivity contribution is -0.384. The number of para-hydroxylation sites is 1. The van der Waals surface area contributed by atoms with E-state index < -0.39 is 22.6 Å². The van der Waals surface area contributed by atoms with Crippen molar-refractivity contribution in [3.63, 3.8) is 0 Å². The number of nitro groups is 1. The fourth-order valence-corrected chi connectivity index (χ4v) is 3.96. The Bertz CT molecular complexity index is 1690. The highest BCUT2D eigenvalue weighted by Gasteiger charge is 2.21. The molecular formula is C27H18N4O6. The zero-order chi connectivity index (χ0) is 25.9. The Morgan fingerprint density at radius 1 is 0.919 bits per heavy atom. The summed E-state index contributed by atoms with van der Waals surface area (Å²) in [6.45, 7) is 1.16. The van der Waals surface area contributed by atoms with Crippen LogP contribution in [-0.2, 0) is 9.63 Å². The van der Waals surface area contributed by atoms with Crippen LogP contribution >= 0.6 is 0 Å². The third-order valence-electron chi connectivity index (χ3n) is 5.54. The molecular weight excluding hydrogens is 476 g/mol. The number of benzene rings is 3. The minimum atomic E-state index is -0.712. The van der Waals surface area contributed by atoms with Crippen LogP contribution in [0.4, 0.5) is 5.69 Å². The first-order valence-corrected chi connectivity index (χ1v) is 11.1. The van der Waals surface area contributed by atoms with E-state index in [-0.39, 0.29) is 17.1 Å². The summed E-state index contributed by atoms with van der Waals surface area (Å²) in [6, 6.07) is 23.8. The number of carbonyl (C=O) groups is 2. The summed E-state index contributed by atoms with van der Waals surface area (Å²) in [4.78, 5) is 44.1. The first kappa shape index (κ1) is 23.4. The molecule has 2 heterocycles. The van der Waals surface area contributed by atoms with Gasteiger partial charge < -0.3 is 14.1 Å². The zero-order valence-corrected chi connectivity index (χ0v) is 19.4. The molecule has 5 rings (SSSR count). The van der Waals surface area contributed by atoms with Gasteiger partial charge in [0.05, 0.1) is 16.0 Å². The highest BCUT2D eigenvalue weighted by Crippen LogP contribution is 2.33. The lowest BCUT2D eigenvalue weighted by Gasteiger charge is -2.09. The van der Waals surface area contributed by atoms with E-state index in [1.54, 1.807) is 42.5 Å². The van der Waals surface area contributed by atoms with Gasteiger partial charge in [0.15, 0.2) is 0 Å². The standard InChI is InChI=1S/C27H18N4O6/c1-17(32)37-29-27(36-25-8-4-5-15-28-25)26(33)18-9-14-24-22(16-18)21-6-2-3-7-23(21)30(24)19-10-12-20(13-11-19)31(34)35/h2-16H,1H3. The van der Waals surface area contributed by atoms with E-state index in [4.69, 9.17) is 4.74 Å². The summed E-state index contributed by atoms with van der Waals surface area (Å²) >= 11 is 0. The number of hydrogen-bond acceptors (Lipinski definition) is 8. The monoisotopic (exact) mass is 494 g/mol. The van der Waals surface area contributed by atoms with Crippen molar-refractivity contribution in [2.45, 2.75) is 6.92 Å². The van der Waals surface area contributed by atoms with E-state index in [1.807, 2.05) is 28.8 Å². The number of nitro benzene ring substituents is 1. The molecule has 0 N–H and O–H groups in total. The summed E-state index contributed by atoms with van der Waals surface area (Å²) in [6.07, 6.45) is 1.49. The highest BCUT2D eigenvalue weighted by atomic mass is 16.7. The number of Topliss-reactive ketones (excluding diaryl/α,β-unsaturated/α-hetero) is 1. The fourth-order valence-electron chi connectivity index (χ4n) is 3.96. The van der Waals surface area contributed by atoms with Crippen molar-refractivity contribution in [2.75, 3.05) is 0 Å². The van der Waals surface area contributed by atoms with Crippen molar-refractivity contribution >= 4 is 45.1 Å². The molecule has 37 heavy (non-hydrogen) atoms. The molecule has 0 saturated heterocycles. The Morgan fingerprint density at radius 2 is 1.65 bits per heavy atom. The number of hydrogen-bond donors (Lipinski definition) is 0. The fraction of sp³-hybridized carbons (Fsp3) is 0.0370. The normalized spacial score (nSPS) is 11.4. The molecule has 0 atom stereocenters. The molecule has 0 bridgehead atoms. The van der Waals surface area contributed by atoms with Gasteiger partial charge in [0, 0.05) is 53.3 Å². The number of fused-ring (bicyclic) bond motifs is 3. The number of aromatic nitrogens is 2. The van der Waals surface area contributed by atoms with Crippen LogP contribution in [0.5, 0.6) is 5.88 Å². The number of pyridine rings is 1. The molecule has 0 aliphatic carbocycles. The summed E-state index contributed by atoms with van der Waals surface area (Å²) < 4.78 is 7.50. The van der Waals surface area contributed by atoms with Crippen LogP contribution in [0, 0.1) is 10.1 Å². The van der Waals surface area contributed by atoms with Crippen LogP contribution in [0.3, 0.4) is 0 Å². The van der Waals surface area contributed by atoms with Crippen LogP contribution in [0.1, 0.15) is 17.3 Å². The molecule has 182 valence electrons. The molecule has 0 spiro atoms. The maximum atomic E-state index is 13.4. The summed E-state index contributed by atoms with van der Waals surface area (Å²) in [5.41, 5.74) is 2.61. The van der Waals surface area contributed by atoms with Gasteiger partial charge in [-0.3, -0.25) is 14.9 Å². The molecule has 10 heteroatoms. The van der Waals surface area contributed by atoms with Crippen molar-refractivity contribution in [3.05, 3.63) is 107 Å². The molecule has 0 unspecified atom stereocenters. The van der Waals surface area contributed by atoms with E-state index in [2.05, 4.69) is 15.0 Å². The minimum Gasteiger partial charge on any atom is -0.415 e. The van der Waals surface area contributed by atoms with Crippen molar-refractivity contribution in [3.8, 4) is 11.6 Å². The van der Waals surface area contributed by atoms with Crippen LogP contribution < -0.4 is 4.74 Å². The molecule has 5 aromatic rings. The van der Waals surface area contributed by atoms with E-state index in [9.17, 15) is 19.7 Å². The molecule has 2 aromatic heterocycles. The van der Waals surface area contributed by atoms with Gasteiger partial charge in [0.2, 0.25) is 5.88 Å². The van der Waals surface area contributed by atoms with Gasteiger partial charge in [-0.2, -0.15) is 0 Å². The highest BCUT2D eigenvalue weighted by molar-refractivity contribution is 6.43. The Hall–Kier alpha value is -5.38. The smallest absolute Gasteiger partial charge is 0.332 e. The summed E-state index contributed by atoms with van der Waals surface area (Å²) in [5.74, 6) is -1.66. The third kappa shape index (κ3) is 4.63. The number of rotatable bonds is 6. The second-order valence-electron chi connectivity index (χ2n) is 7.94. The maximum Gasteiger partial charge on any atom is 0.332 e. The lowest BCUT2D eigenvalue weighted by Crippen LogP contribution is -2.22. The molecule has 0 aliphatic rings. The van der Waals surface area contributed by atoms with Gasteiger partial charge in [-0.15, -0.1) is 0 Å². The van der Waals surface area contributed by atoms with Crippen molar-refractivity contribution in [2.24, 2.45) is 5.16 Å². The van der Waals surface area contributed by atoms with Gasteiger partial charge in [-0.1, -0.05) is 24.3 Å². The van der Waals surface area contributed by atoms with Gasteiger partial charge >= 0.3 is 11.9 Å². The van der Waals surface area contributed by atoms with Crippen molar-refractivity contribution in [1.29, 1.82) is 0 Å². The molecule has 0 amide bonds. The van der Waals surface area contributed by atoms with Crippen LogP contribution in [-0.4, -0.2) is 32.1 Å². The van der Waals surface area contributed by atoms with Crippen LogP contribution in [0.15, 0.2) is 96.3 Å². The zero-order valence-electron chi connectivity index (χ0n) is 19.4. The second kappa shape index (κ2) is 9.70. The Labute approximate surface area is 209 Å². The van der Waals surface area contributed by atoms with Gasteiger partial charge in [-0.05, 0) is 47.6 Å². The first-order chi connectivity index (χ1) is 17.9. The average molecular weight is 494 g/mol. The van der Waals surface area contributed by atoms with Gasteiger partial charge in [-0.25, -0.2) is 9.78 Å². The predicted octanol–water partition coefficient (Wildman–Crippen LogP) is 5.23. The number of carbonyl (C=O) groups excluding carboxylic acids is 2. The molecule has 3 aromatic carbocycles. The molecule has 0 radical (unpaired) electrons. The van der Waals surface area contributed by atoms with Gasteiger partial charge in [0.25, 0.3) is 11.5 Å². The Kier molecular flexibility index (Phi) is 6.13. The molecule has 10 nitrogen and oxygen atoms in total. The van der Waals surface area contributed by atoms with E-state index >= 15 is 0 Å². The van der Waals surface area contributed by atoms with E-state index in [1.165, 1.54) is 24.4 Å². The maximum absolute atomic E-state index is 13.4. The molecule has 0 saturated carbocycles. The topological polar surface area (TPSA) is 126 Å². The summed E-state index contributed by atoms with van der Waals surface area (Å²) in [7, 11) is 0. The number of ether oxygens (including phenoxy) is 1. The number of non-ortho nitro benzene ring substituents is 1. The van der Waals surface area contributed by atoms with Crippen LogP contribution in [0.2, 0.25) is 0 Å². The summed E-state index contributed by atoms with van der Waals surface area (Å²) in [5, 5.41) is 16.3. The Balaban J connectivity index is 1.61.